The van der Waals surface area contributed by atoms with Gasteiger partial charge in [0.2, 0.25) is 11.6 Å². The molecule has 0 aromatic heterocycles. The summed E-state index contributed by atoms with van der Waals surface area (Å²) in [6.07, 6.45) is 6.49. The molecule has 242 valence electrons. The van der Waals surface area contributed by atoms with Gasteiger partial charge in [-0.1, -0.05) is 74.1 Å². The van der Waals surface area contributed by atoms with E-state index >= 15 is 0 Å². The number of allylic oxidation sites excluding steroid dienone is 4. The fourth-order valence-corrected chi connectivity index (χ4v) is 5.30. The zero-order valence-corrected chi connectivity index (χ0v) is 26.8. The maximum Gasteiger partial charge on any atom is 0.412 e. The molecule has 1 aromatic rings. The molecule has 2 aliphatic rings. The van der Waals surface area contributed by atoms with Crippen LogP contribution in [0.2, 0.25) is 0 Å². The molecular formula is C35H44N2O8. The van der Waals surface area contributed by atoms with E-state index in [9.17, 15) is 24.3 Å². The highest BCUT2D eigenvalue weighted by Gasteiger charge is 2.33. The van der Waals surface area contributed by atoms with E-state index in [2.05, 4.69) is 10.6 Å². The standard InChI is InChI=1S/C35H44N2O8/c1-21-15-24(4)32(39)30(44-6)18-22(2)17-27-31(37-35(42)45-20-25-12-8-7-9-13-25)29(38)19-28(33(27)40)36-34(41)23(3)11-10-14-26(16-21)43-5/h7-15,19,22,24,26,30,32,39H,16-18,20H2,1-6H3,(H,36,41)(H,37,42)/b14-10-,21-15+,23-11+/t22-,24+,26+,30+,32-/m1/s1. The Morgan fingerprint density at radius 1 is 1.04 bits per heavy atom. The predicted molar refractivity (Wildman–Crippen MR) is 169 cm³/mol. The molecule has 0 spiro atoms. The van der Waals surface area contributed by atoms with Crippen LogP contribution in [-0.2, 0) is 35.2 Å². The average Bonchev–Trinajstić information content (AvgIpc) is 3.01. The van der Waals surface area contributed by atoms with Crippen molar-refractivity contribution >= 4 is 23.6 Å². The van der Waals surface area contributed by atoms with Gasteiger partial charge in [0.15, 0.2) is 0 Å². The van der Waals surface area contributed by atoms with E-state index < -0.39 is 35.8 Å². The van der Waals surface area contributed by atoms with Crippen LogP contribution in [-0.4, -0.2) is 61.2 Å². The first-order chi connectivity index (χ1) is 21.4. The summed E-state index contributed by atoms with van der Waals surface area (Å²) in [6.45, 7) is 7.29. The van der Waals surface area contributed by atoms with E-state index in [1.54, 1.807) is 38.3 Å². The Morgan fingerprint density at radius 2 is 1.76 bits per heavy atom. The Balaban J connectivity index is 1.97. The average molecular weight is 621 g/mol. The number of alkyl carbamates (subject to hydrolysis) is 1. The molecule has 0 saturated carbocycles. The number of aliphatic hydroxyl groups excluding tert-OH is 1. The smallest absolute Gasteiger partial charge is 0.412 e. The van der Waals surface area contributed by atoms with Gasteiger partial charge in [-0.15, -0.1) is 0 Å². The lowest BCUT2D eigenvalue weighted by Crippen LogP contribution is -2.38. The number of benzene rings is 1. The van der Waals surface area contributed by atoms with Crippen LogP contribution in [0.3, 0.4) is 0 Å². The molecule has 1 aliphatic heterocycles. The van der Waals surface area contributed by atoms with Crippen molar-refractivity contribution in [3.05, 3.63) is 94.4 Å². The molecule has 45 heavy (non-hydrogen) atoms. The molecular weight excluding hydrogens is 576 g/mol. The van der Waals surface area contributed by atoms with Gasteiger partial charge in [0.1, 0.15) is 6.61 Å². The van der Waals surface area contributed by atoms with E-state index in [-0.39, 0.29) is 47.9 Å². The van der Waals surface area contributed by atoms with E-state index in [0.29, 0.717) is 18.4 Å². The van der Waals surface area contributed by atoms with E-state index in [1.807, 2.05) is 51.1 Å². The Bertz CT molecular complexity index is 1410. The van der Waals surface area contributed by atoms with Gasteiger partial charge in [0.05, 0.1) is 29.7 Å². The Morgan fingerprint density at radius 3 is 2.42 bits per heavy atom. The zero-order chi connectivity index (χ0) is 33.1. The number of nitrogens with one attached hydrogen (secondary N) is 2. The number of ketones is 2. The molecule has 0 radical (unpaired) electrons. The summed E-state index contributed by atoms with van der Waals surface area (Å²) in [5.74, 6) is -2.34. The van der Waals surface area contributed by atoms with Crippen molar-refractivity contribution in [1.29, 1.82) is 0 Å². The second kappa shape index (κ2) is 16.8. The fourth-order valence-electron chi connectivity index (χ4n) is 5.30. The number of aliphatic hydroxyl groups is 1. The van der Waals surface area contributed by atoms with Crippen LogP contribution in [0.4, 0.5) is 4.79 Å². The van der Waals surface area contributed by atoms with Crippen molar-refractivity contribution < 1.29 is 38.5 Å². The van der Waals surface area contributed by atoms with Crippen LogP contribution >= 0.6 is 0 Å². The molecule has 3 rings (SSSR count). The number of methoxy groups -OCH3 is 2. The van der Waals surface area contributed by atoms with Gasteiger partial charge >= 0.3 is 6.09 Å². The minimum atomic E-state index is -0.896. The maximum atomic E-state index is 13.7. The topological polar surface area (TPSA) is 140 Å². The molecule has 1 aliphatic carbocycles. The number of Topliss-reactive ketones (excluding diaryl/α,β-unsaturated/α-hetero) is 1. The van der Waals surface area contributed by atoms with Crippen LogP contribution in [0, 0.1) is 11.8 Å². The van der Waals surface area contributed by atoms with E-state index in [0.717, 1.165) is 17.2 Å². The third kappa shape index (κ3) is 10.2. The fraction of sp³-hybridized carbons (Fsp3) is 0.429. The van der Waals surface area contributed by atoms with Crippen LogP contribution in [0.15, 0.2) is 88.8 Å². The molecule has 0 unspecified atom stereocenters. The van der Waals surface area contributed by atoms with Gasteiger partial charge in [-0.2, -0.15) is 0 Å². The lowest BCUT2D eigenvalue weighted by atomic mass is 9.85. The summed E-state index contributed by atoms with van der Waals surface area (Å²) in [7, 11) is 3.11. The van der Waals surface area contributed by atoms with Crippen LogP contribution < -0.4 is 10.6 Å². The summed E-state index contributed by atoms with van der Waals surface area (Å²) in [5.41, 5.74) is 1.69. The molecule has 0 fully saturated rings. The minimum Gasteiger partial charge on any atom is -0.444 e. The number of fused-ring (bicyclic) bond motifs is 2. The highest BCUT2D eigenvalue weighted by atomic mass is 16.5. The van der Waals surface area contributed by atoms with Crippen LogP contribution in [0.25, 0.3) is 0 Å². The quantitative estimate of drug-likeness (QED) is 0.320. The Hall–Kier alpha value is -4.12. The lowest BCUT2D eigenvalue weighted by molar-refractivity contribution is -0.120. The zero-order valence-electron chi connectivity index (χ0n) is 26.8. The Labute approximate surface area is 264 Å². The highest BCUT2D eigenvalue weighted by Crippen LogP contribution is 2.28. The van der Waals surface area contributed by atoms with Gasteiger partial charge in [0.25, 0.3) is 5.91 Å². The molecule has 0 saturated heterocycles. The largest absolute Gasteiger partial charge is 0.444 e. The number of carbonyl (C=O) groups excluding carboxylic acids is 4. The number of hydrogen-bond donors (Lipinski definition) is 3. The minimum absolute atomic E-state index is 0.0254. The van der Waals surface area contributed by atoms with Crippen LogP contribution in [0.5, 0.6) is 0 Å². The van der Waals surface area contributed by atoms with Crippen molar-refractivity contribution in [2.45, 2.75) is 71.9 Å². The van der Waals surface area contributed by atoms with Crippen molar-refractivity contribution in [2.75, 3.05) is 14.2 Å². The lowest BCUT2D eigenvalue weighted by Gasteiger charge is -2.29. The third-order valence-corrected chi connectivity index (χ3v) is 7.84. The summed E-state index contributed by atoms with van der Waals surface area (Å²) >= 11 is 0. The first-order valence-electron chi connectivity index (χ1n) is 15.0. The summed E-state index contributed by atoms with van der Waals surface area (Å²) in [5, 5.41) is 16.2. The number of carbonyl (C=O) groups is 4. The molecule has 3 N–H and O–H groups in total. The molecule has 2 amide bonds. The normalized spacial score (nSPS) is 28.6. The van der Waals surface area contributed by atoms with Gasteiger partial charge in [-0.25, -0.2) is 4.79 Å². The second-order valence-electron chi connectivity index (χ2n) is 11.6. The molecule has 1 heterocycles. The molecule has 10 nitrogen and oxygen atoms in total. The number of amides is 2. The second-order valence-corrected chi connectivity index (χ2v) is 11.6. The van der Waals surface area contributed by atoms with Crippen molar-refractivity contribution in [1.82, 2.24) is 10.6 Å². The molecule has 2 bridgehead atoms. The first-order valence-corrected chi connectivity index (χ1v) is 15.0. The summed E-state index contributed by atoms with van der Waals surface area (Å²) in [4.78, 5) is 52.8. The molecule has 10 heteroatoms. The van der Waals surface area contributed by atoms with Crippen molar-refractivity contribution in [3.8, 4) is 0 Å². The predicted octanol–water partition coefficient (Wildman–Crippen LogP) is 4.61. The monoisotopic (exact) mass is 620 g/mol. The van der Waals surface area contributed by atoms with E-state index in [1.165, 1.54) is 7.11 Å². The van der Waals surface area contributed by atoms with E-state index in [4.69, 9.17) is 14.2 Å². The Kier molecular flexibility index (Phi) is 13.2. The number of ether oxygens (including phenoxy) is 3. The number of rotatable bonds is 5. The first kappa shape index (κ1) is 35.4. The van der Waals surface area contributed by atoms with Gasteiger partial charge in [-0.3, -0.25) is 19.7 Å². The summed E-state index contributed by atoms with van der Waals surface area (Å²) < 4.78 is 16.6. The summed E-state index contributed by atoms with van der Waals surface area (Å²) in [6, 6.07) is 9.03. The van der Waals surface area contributed by atoms with Crippen molar-refractivity contribution in [3.63, 3.8) is 0 Å². The van der Waals surface area contributed by atoms with Crippen molar-refractivity contribution in [2.24, 2.45) is 11.8 Å². The van der Waals surface area contributed by atoms with Gasteiger partial charge < -0.3 is 24.6 Å². The SMILES string of the molecule is CO[C@H]1C[C@H](C)CC2=C(NC(=O)OCc3ccccc3)C(=O)C=C(NC(=O)/C(C)=C/C=C\[C@H](OC)C/C(C)=C/[C@H](C)[C@H]1O)C2=O. The molecule has 5 atom stereocenters. The van der Waals surface area contributed by atoms with Gasteiger partial charge in [-0.05, 0) is 44.6 Å². The molecule has 1 aromatic carbocycles. The third-order valence-electron chi connectivity index (χ3n) is 7.84. The van der Waals surface area contributed by atoms with Gasteiger partial charge in [0, 0.05) is 37.4 Å². The maximum absolute atomic E-state index is 13.7. The number of hydrogen-bond acceptors (Lipinski definition) is 8. The van der Waals surface area contributed by atoms with Crippen LogP contribution in [0.1, 0.15) is 52.5 Å². The highest BCUT2D eigenvalue weighted by molar-refractivity contribution is 6.24.